The molecule has 23 heavy (non-hydrogen) atoms. The Morgan fingerprint density at radius 1 is 0.913 bits per heavy atom. The summed E-state index contributed by atoms with van der Waals surface area (Å²) in [4.78, 5) is 13.7. The standard InChI is InChI=1S/C18H21O3PS/c1-3-20-22(19,21-4-2)15-23-18(16-11-7-5-8-12-16)17-13-9-6-10-14-17/h5-15H,3-4H2,1-2H3. The molecule has 0 spiro atoms. The molecule has 2 aromatic rings. The Labute approximate surface area is 142 Å². The zero-order chi connectivity index (χ0) is 16.5. The molecule has 0 aromatic heterocycles. The molecule has 0 saturated carbocycles. The second kappa shape index (κ2) is 9.11. The van der Waals surface area contributed by atoms with Crippen LogP contribution in [0.25, 0.3) is 0 Å². The zero-order valence-electron chi connectivity index (χ0n) is 13.3. The van der Waals surface area contributed by atoms with Crippen LogP contribution < -0.4 is 4.89 Å². The molecule has 0 bridgehead atoms. The van der Waals surface area contributed by atoms with Crippen LogP contribution in [-0.4, -0.2) is 23.2 Å². The lowest BCUT2D eigenvalue weighted by atomic mass is 10.1. The third-order valence-electron chi connectivity index (χ3n) is 2.99. The summed E-state index contributed by atoms with van der Waals surface area (Å²) in [6.07, 6.45) is 0. The Morgan fingerprint density at radius 2 is 1.35 bits per heavy atom. The van der Waals surface area contributed by atoms with Gasteiger partial charge in [-0.25, -0.2) is 9.05 Å². The maximum atomic E-state index is 12.6. The van der Waals surface area contributed by atoms with E-state index in [0.29, 0.717) is 13.2 Å². The van der Waals surface area contributed by atoms with E-state index < -0.39 is 7.94 Å². The van der Waals surface area contributed by atoms with Crippen molar-refractivity contribution in [2.24, 2.45) is 0 Å². The molecule has 0 aliphatic rings. The molecule has 2 rings (SSSR count). The van der Waals surface area contributed by atoms with Gasteiger partial charge in [-0.05, 0) is 25.0 Å². The van der Waals surface area contributed by atoms with Crippen LogP contribution in [0.15, 0.2) is 60.7 Å². The van der Waals surface area contributed by atoms with Gasteiger partial charge in [0.1, 0.15) is 0 Å². The first-order chi connectivity index (χ1) is 11.2. The highest BCUT2D eigenvalue weighted by atomic mass is 32.1. The molecule has 0 N–H and O–H groups in total. The Balaban J connectivity index is 2.51. The van der Waals surface area contributed by atoms with E-state index in [9.17, 15) is 4.89 Å². The Morgan fingerprint density at radius 3 is 1.74 bits per heavy atom. The summed E-state index contributed by atoms with van der Waals surface area (Å²) in [6, 6.07) is 20.1. The fourth-order valence-electron chi connectivity index (χ4n) is 2.06. The molecule has 0 aliphatic carbocycles. The van der Waals surface area contributed by atoms with Gasteiger partial charge in [-0.15, -0.1) is 10.9 Å². The molecular weight excluding hydrogens is 327 g/mol. The van der Waals surface area contributed by atoms with E-state index in [2.05, 4.69) is 0 Å². The molecular formula is C18H21O3PS. The molecule has 0 aliphatic heterocycles. The number of benzene rings is 2. The van der Waals surface area contributed by atoms with Gasteiger partial charge in [0.05, 0.1) is 13.2 Å². The average molecular weight is 348 g/mol. The third-order valence-corrected chi connectivity index (χ3v) is 6.39. The quantitative estimate of drug-likeness (QED) is 0.432. The SMILES string of the molecule is CCO[P+]([O-])(C=S=C(c1ccccc1)c1ccccc1)OCC. The van der Waals surface area contributed by atoms with Gasteiger partial charge in [-0.1, -0.05) is 60.7 Å². The minimum Gasteiger partial charge on any atom is -0.627 e. The van der Waals surface area contributed by atoms with Gasteiger partial charge < -0.3 is 4.89 Å². The van der Waals surface area contributed by atoms with E-state index in [1.165, 1.54) is 10.9 Å². The fourth-order valence-corrected chi connectivity index (χ4v) is 4.82. The summed E-state index contributed by atoms with van der Waals surface area (Å²) in [6.45, 7) is 4.31. The first kappa shape index (κ1) is 18.1. The van der Waals surface area contributed by atoms with Crippen LogP contribution in [0.1, 0.15) is 25.0 Å². The summed E-state index contributed by atoms with van der Waals surface area (Å²) >= 11 is 0. The highest BCUT2D eigenvalue weighted by molar-refractivity contribution is 8.08. The van der Waals surface area contributed by atoms with Gasteiger partial charge in [-0.2, -0.15) is 0 Å². The van der Waals surface area contributed by atoms with Gasteiger partial charge in [0.15, 0.2) is 5.11 Å². The lowest BCUT2D eigenvalue weighted by Gasteiger charge is -2.21. The Bertz CT molecular complexity index is 620. The normalized spacial score (nSPS) is 11.1. The molecule has 0 radical (unpaired) electrons. The number of rotatable bonds is 7. The average Bonchev–Trinajstić information content (AvgIpc) is 2.57. The second-order valence-corrected chi connectivity index (χ2v) is 7.74. The Hall–Kier alpha value is -1.29. The van der Waals surface area contributed by atoms with E-state index >= 15 is 0 Å². The minimum atomic E-state index is -3.20. The van der Waals surface area contributed by atoms with Crippen molar-refractivity contribution in [2.45, 2.75) is 13.8 Å². The van der Waals surface area contributed by atoms with Gasteiger partial charge in [0.25, 0.3) is 7.94 Å². The number of hydrogen-bond donors (Lipinski definition) is 0. The molecule has 0 heterocycles. The maximum absolute atomic E-state index is 12.6. The smallest absolute Gasteiger partial charge is 0.273 e. The predicted molar refractivity (Wildman–Crippen MR) is 99.9 cm³/mol. The fraction of sp³-hybridized carbons (Fsp3) is 0.222. The van der Waals surface area contributed by atoms with E-state index in [0.717, 1.165) is 16.0 Å². The van der Waals surface area contributed by atoms with Crippen molar-refractivity contribution in [3.05, 3.63) is 71.8 Å². The van der Waals surface area contributed by atoms with Crippen molar-refractivity contribution in [3.8, 4) is 0 Å². The lowest BCUT2D eigenvalue weighted by molar-refractivity contribution is -0.210. The molecule has 5 heteroatoms. The molecule has 0 amide bonds. The Kier molecular flexibility index (Phi) is 7.15. The van der Waals surface area contributed by atoms with Crippen LogP contribution in [0.4, 0.5) is 0 Å². The predicted octanol–water partition coefficient (Wildman–Crippen LogP) is 3.94. The van der Waals surface area contributed by atoms with Gasteiger partial charge in [-0.3, -0.25) is 0 Å². The van der Waals surface area contributed by atoms with Crippen molar-refractivity contribution in [1.82, 2.24) is 0 Å². The van der Waals surface area contributed by atoms with E-state index in [4.69, 9.17) is 9.05 Å². The van der Waals surface area contributed by atoms with Crippen molar-refractivity contribution < 1.29 is 13.9 Å². The highest BCUT2D eigenvalue weighted by Gasteiger charge is 2.25. The van der Waals surface area contributed by atoms with Crippen LogP contribution in [0, 0.1) is 0 Å². The highest BCUT2D eigenvalue weighted by Crippen LogP contribution is 2.49. The number of hydrogen-bond acceptors (Lipinski definition) is 3. The first-order valence-corrected chi connectivity index (χ1v) is 10.1. The summed E-state index contributed by atoms with van der Waals surface area (Å²) in [5.74, 6) is 0. The monoisotopic (exact) mass is 348 g/mol. The van der Waals surface area contributed by atoms with Crippen LogP contribution in [0.3, 0.4) is 0 Å². The molecule has 0 saturated heterocycles. The van der Waals surface area contributed by atoms with Crippen LogP contribution in [-0.2, 0) is 9.05 Å². The third kappa shape index (κ3) is 5.38. The van der Waals surface area contributed by atoms with Gasteiger partial charge in [0.2, 0.25) is 0 Å². The largest absolute Gasteiger partial charge is 0.627 e. The summed E-state index contributed by atoms with van der Waals surface area (Å²) < 4.78 is 10.7. The van der Waals surface area contributed by atoms with E-state index in [1.807, 2.05) is 74.5 Å². The molecule has 122 valence electrons. The summed E-state index contributed by atoms with van der Waals surface area (Å²) in [5, 5.41) is 1.59. The summed E-state index contributed by atoms with van der Waals surface area (Å²) in [5.41, 5.74) is 2.14. The molecule has 3 nitrogen and oxygen atoms in total. The van der Waals surface area contributed by atoms with Crippen LogP contribution in [0.5, 0.6) is 0 Å². The van der Waals surface area contributed by atoms with E-state index in [-0.39, 0.29) is 0 Å². The molecule has 0 unspecified atom stereocenters. The zero-order valence-corrected chi connectivity index (χ0v) is 15.1. The van der Waals surface area contributed by atoms with Crippen molar-refractivity contribution in [1.29, 1.82) is 0 Å². The maximum Gasteiger partial charge on any atom is 0.273 e. The summed E-state index contributed by atoms with van der Waals surface area (Å²) in [7, 11) is -1.80. The van der Waals surface area contributed by atoms with Crippen LogP contribution >= 0.6 is 18.9 Å². The van der Waals surface area contributed by atoms with Crippen molar-refractivity contribution >= 4 is 28.9 Å². The van der Waals surface area contributed by atoms with E-state index in [1.54, 1.807) is 5.11 Å². The van der Waals surface area contributed by atoms with Crippen molar-refractivity contribution in [2.75, 3.05) is 13.2 Å². The first-order valence-electron chi connectivity index (χ1n) is 7.56. The van der Waals surface area contributed by atoms with Gasteiger partial charge in [0, 0.05) is 4.86 Å². The van der Waals surface area contributed by atoms with Gasteiger partial charge >= 0.3 is 0 Å². The second-order valence-electron chi connectivity index (χ2n) is 4.66. The minimum absolute atomic E-state index is 0.348. The molecule has 0 fully saturated rings. The lowest BCUT2D eigenvalue weighted by Crippen LogP contribution is -2.16. The van der Waals surface area contributed by atoms with Crippen molar-refractivity contribution in [3.63, 3.8) is 0 Å². The topological polar surface area (TPSA) is 41.5 Å². The molecule has 0 atom stereocenters. The molecule has 2 aromatic carbocycles. The van der Waals surface area contributed by atoms with Crippen LogP contribution in [0.2, 0.25) is 0 Å².